The summed E-state index contributed by atoms with van der Waals surface area (Å²) in [5.41, 5.74) is 12.9. The van der Waals surface area contributed by atoms with Crippen molar-refractivity contribution >= 4 is 34.8 Å². The Bertz CT molecular complexity index is 1750. The maximum Gasteiger partial charge on any atom is 0.251 e. The summed E-state index contributed by atoms with van der Waals surface area (Å²) < 4.78 is 0. The van der Waals surface area contributed by atoms with Crippen molar-refractivity contribution in [3.63, 3.8) is 0 Å². The largest absolute Gasteiger partial charge is 0.369 e. The molecule has 0 radical (unpaired) electrons. The Morgan fingerprint density at radius 2 is 1.55 bits per heavy atom. The van der Waals surface area contributed by atoms with E-state index in [-0.39, 0.29) is 18.4 Å². The van der Waals surface area contributed by atoms with Gasteiger partial charge < -0.3 is 20.9 Å². The molecule has 0 spiro atoms. The first-order valence-corrected chi connectivity index (χ1v) is 17.8. The molecule has 6 rings (SSSR count). The number of primary amides is 1. The molecule has 49 heavy (non-hydrogen) atoms. The van der Waals surface area contributed by atoms with Crippen LogP contribution in [-0.2, 0) is 20.9 Å². The van der Waals surface area contributed by atoms with Gasteiger partial charge in [-0.1, -0.05) is 111 Å². The van der Waals surface area contributed by atoms with E-state index in [0.717, 1.165) is 65.9 Å². The van der Waals surface area contributed by atoms with Crippen LogP contribution in [0.2, 0.25) is 0 Å². The van der Waals surface area contributed by atoms with Crippen LogP contribution in [0.1, 0.15) is 63.0 Å². The molecule has 2 aliphatic rings. The zero-order chi connectivity index (χ0) is 34.3. The molecule has 1 heterocycles. The standard InChI is InChI=1S/C42H48N4O3/c1-3-4-15-35(40(43)47)36(25-22-30-20-21-30)41(48)44-37-28-45(34-13-6-5-7-14-34)38-16-8-9-17-39(38)46(42(37)49)27-31-11-10-12-33(26-31)32-23-18-29(2)19-24-32/h5-14,16-19,23-24,26,30,35-37H,3-4,15,20-22,25,27-28H2,1-2H3,(H2,43,47)(H,44,48)/t35-,36+,37?/m0/s1. The monoisotopic (exact) mass is 656 g/mol. The van der Waals surface area contributed by atoms with E-state index in [9.17, 15) is 14.4 Å². The highest BCUT2D eigenvalue weighted by Crippen LogP contribution is 2.39. The second-order valence-corrected chi connectivity index (χ2v) is 13.8. The Morgan fingerprint density at radius 3 is 2.24 bits per heavy atom. The molecule has 3 N–H and O–H groups in total. The maximum atomic E-state index is 14.8. The van der Waals surface area contributed by atoms with Gasteiger partial charge in [0.15, 0.2) is 0 Å². The Labute approximate surface area is 290 Å². The molecule has 3 amide bonds. The molecular weight excluding hydrogens is 608 g/mol. The number of nitrogens with one attached hydrogen (secondary N) is 1. The number of carbonyl (C=O) groups is 3. The first kappa shape index (κ1) is 34.0. The SMILES string of the molecule is CCCC[C@H](C(N)=O)[C@@H](CCC1CC1)C(=O)NC1CN(c2ccccc2)c2ccccc2N(Cc2cccc(-c3ccc(C)cc3)c2)C1=O. The molecule has 7 heteroatoms. The summed E-state index contributed by atoms with van der Waals surface area (Å²) in [5, 5.41) is 3.18. The molecule has 1 fully saturated rings. The fourth-order valence-corrected chi connectivity index (χ4v) is 7.07. The lowest BCUT2D eigenvalue weighted by Crippen LogP contribution is -2.54. The number of anilines is 3. The molecule has 1 saturated carbocycles. The summed E-state index contributed by atoms with van der Waals surface area (Å²) in [7, 11) is 0. The molecule has 1 unspecified atom stereocenters. The summed E-state index contributed by atoms with van der Waals surface area (Å²) in [6.07, 6.45) is 6.09. The van der Waals surface area contributed by atoms with Gasteiger partial charge in [-0.2, -0.15) is 0 Å². The van der Waals surface area contributed by atoms with Crippen molar-refractivity contribution in [2.45, 2.75) is 71.4 Å². The van der Waals surface area contributed by atoms with Crippen molar-refractivity contribution in [1.29, 1.82) is 0 Å². The number of fused-ring (bicyclic) bond motifs is 1. The minimum atomic E-state index is -0.858. The Balaban J connectivity index is 1.36. The molecule has 4 aromatic rings. The maximum absolute atomic E-state index is 14.8. The van der Waals surface area contributed by atoms with Gasteiger partial charge in [0.1, 0.15) is 6.04 Å². The second-order valence-electron chi connectivity index (χ2n) is 13.8. The van der Waals surface area contributed by atoms with Crippen molar-refractivity contribution < 1.29 is 14.4 Å². The quantitative estimate of drug-likeness (QED) is 0.144. The number of para-hydroxylation sites is 3. The van der Waals surface area contributed by atoms with Gasteiger partial charge in [-0.3, -0.25) is 14.4 Å². The number of benzene rings is 4. The Hall–Kier alpha value is -4.91. The highest BCUT2D eigenvalue weighted by Gasteiger charge is 2.39. The predicted molar refractivity (Wildman–Crippen MR) is 197 cm³/mol. The summed E-state index contributed by atoms with van der Waals surface area (Å²) in [5.74, 6) is -1.44. The number of rotatable bonds is 14. The van der Waals surface area contributed by atoms with Crippen molar-refractivity contribution in [2.24, 2.45) is 23.5 Å². The lowest BCUT2D eigenvalue weighted by molar-refractivity contribution is -0.135. The van der Waals surface area contributed by atoms with E-state index >= 15 is 0 Å². The van der Waals surface area contributed by atoms with Gasteiger partial charge in [0.05, 0.1) is 24.5 Å². The van der Waals surface area contributed by atoms with Crippen LogP contribution in [0.3, 0.4) is 0 Å². The summed E-state index contributed by atoms with van der Waals surface area (Å²) in [6, 6.07) is 33.8. The van der Waals surface area contributed by atoms with E-state index in [0.29, 0.717) is 25.3 Å². The smallest absolute Gasteiger partial charge is 0.251 e. The fourth-order valence-electron chi connectivity index (χ4n) is 7.07. The van der Waals surface area contributed by atoms with E-state index in [4.69, 9.17) is 5.73 Å². The number of unbranched alkanes of at least 4 members (excludes halogenated alkanes) is 1. The zero-order valence-corrected chi connectivity index (χ0v) is 28.7. The highest BCUT2D eigenvalue weighted by atomic mass is 16.2. The van der Waals surface area contributed by atoms with E-state index < -0.39 is 23.8 Å². The van der Waals surface area contributed by atoms with Crippen molar-refractivity contribution in [3.8, 4) is 11.1 Å². The van der Waals surface area contributed by atoms with E-state index in [1.807, 2.05) is 66.7 Å². The van der Waals surface area contributed by atoms with Gasteiger partial charge in [-0.05, 0) is 79.1 Å². The topological polar surface area (TPSA) is 95.7 Å². The number of nitrogens with zero attached hydrogens (tertiary/aromatic N) is 2. The molecule has 0 saturated heterocycles. The summed E-state index contributed by atoms with van der Waals surface area (Å²) >= 11 is 0. The minimum Gasteiger partial charge on any atom is -0.369 e. The normalized spacial score (nSPS) is 17.2. The third kappa shape index (κ3) is 8.22. The molecule has 3 atom stereocenters. The summed E-state index contributed by atoms with van der Waals surface area (Å²) in [4.78, 5) is 45.8. The molecule has 0 bridgehead atoms. The molecule has 0 aromatic heterocycles. The van der Waals surface area contributed by atoms with Crippen LogP contribution in [0, 0.1) is 24.7 Å². The van der Waals surface area contributed by atoms with Crippen molar-refractivity contribution in [3.05, 3.63) is 114 Å². The number of hydrogen-bond acceptors (Lipinski definition) is 4. The van der Waals surface area contributed by atoms with Crippen LogP contribution in [0.15, 0.2) is 103 Å². The van der Waals surface area contributed by atoms with Gasteiger partial charge in [-0.15, -0.1) is 0 Å². The Kier molecular flexibility index (Phi) is 10.8. The predicted octanol–water partition coefficient (Wildman–Crippen LogP) is 7.93. The highest BCUT2D eigenvalue weighted by molar-refractivity contribution is 6.04. The molecular formula is C42H48N4O3. The molecule has 4 aromatic carbocycles. The second kappa shape index (κ2) is 15.5. The van der Waals surface area contributed by atoms with Crippen LogP contribution in [-0.4, -0.2) is 30.3 Å². The molecule has 7 nitrogen and oxygen atoms in total. The summed E-state index contributed by atoms with van der Waals surface area (Å²) in [6.45, 7) is 4.72. The number of aryl methyl sites for hydroxylation is 1. The van der Waals surface area contributed by atoms with Crippen LogP contribution < -0.4 is 20.9 Å². The van der Waals surface area contributed by atoms with Gasteiger partial charge in [-0.25, -0.2) is 0 Å². The lowest BCUT2D eigenvalue weighted by Gasteiger charge is -2.29. The average Bonchev–Trinajstić information content (AvgIpc) is 3.96. The molecule has 254 valence electrons. The first-order chi connectivity index (χ1) is 23.8. The van der Waals surface area contributed by atoms with Crippen molar-refractivity contribution in [1.82, 2.24) is 5.32 Å². The van der Waals surface area contributed by atoms with Gasteiger partial charge in [0.2, 0.25) is 11.8 Å². The van der Waals surface area contributed by atoms with E-state index in [1.54, 1.807) is 4.90 Å². The third-order valence-electron chi connectivity index (χ3n) is 10.1. The van der Waals surface area contributed by atoms with E-state index in [2.05, 4.69) is 60.5 Å². The molecule has 1 aliphatic heterocycles. The number of nitrogens with two attached hydrogens (primary N) is 1. The fraction of sp³-hybridized carbons (Fsp3) is 0.357. The number of hydrogen-bond donors (Lipinski definition) is 2. The number of amides is 3. The average molecular weight is 657 g/mol. The number of carbonyl (C=O) groups excluding carboxylic acids is 3. The Morgan fingerprint density at radius 1 is 0.837 bits per heavy atom. The van der Waals surface area contributed by atoms with Gasteiger partial charge in [0, 0.05) is 17.5 Å². The van der Waals surface area contributed by atoms with Crippen LogP contribution in [0.4, 0.5) is 17.1 Å². The minimum absolute atomic E-state index is 0.190. The third-order valence-corrected chi connectivity index (χ3v) is 10.1. The first-order valence-electron chi connectivity index (χ1n) is 17.8. The van der Waals surface area contributed by atoms with E-state index in [1.165, 1.54) is 5.56 Å². The van der Waals surface area contributed by atoms with Gasteiger partial charge >= 0.3 is 0 Å². The lowest BCUT2D eigenvalue weighted by atomic mass is 9.82. The van der Waals surface area contributed by atoms with Gasteiger partial charge in [0.25, 0.3) is 5.91 Å². The van der Waals surface area contributed by atoms with Crippen LogP contribution in [0.25, 0.3) is 11.1 Å². The van der Waals surface area contributed by atoms with Crippen molar-refractivity contribution in [2.75, 3.05) is 16.3 Å². The van der Waals surface area contributed by atoms with Crippen LogP contribution >= 0.6 is 0 Å². The van der Waals surface area contributed by atoms with Crippen LogP contribution in [0.5, 0.6) is 0 Å². The molecule has 1 aliphatic carbocycles. The zero-order valence-electron chi connectivity index (χ0n) is 28.7.